The van der Waals surface area contributed by atoms with Crippen molar-refractivity contribution in [1.82, 2.24) is 4.72 Å². The molecule has 1 saturated carbocycles. The van der Waals surface area contributed by atoms with Crippen molar-refractivity contribution >= 4 is 16.1 Å². The van der Waals surface area contributed by atoms with E-state index in [0.717, 1.165) is 24.8 Å². The van der Waals surface area contributed by atoms with Crippen LogP contribution in [0.15, 0.2) is 35.7 Å². The Balaban J connectivity index is 1.97. The summed E-state index contributed by atoms with van der Waals surface area (Å²) >= 11 is 0. The first kappa shape index (κ1) is 14.2. The number of aliphatic hydroxyl groups is 1. The van der Waals surface area contributed by atoms with Gasteiger partial charge in [-0.3, -0.25) is 0 Å². The Labute approximate surface area is 114 Å². The van der Waals surface area contributed by atoms with Crippen LogP contribution in [0.25, 0.3) is 6.08 Å². The number of rotatable bonds is 4. The quantitative estimate of drug-likeness (QED) is 0.885. The van der Waals surface area contributed by atoms with Crippen LogP contribution in [0, 0.1) is 0 Å². The van der Waals surface area contributed by atoms with E-state index >= 15 is 0 Å². The van der Waals surface area contributed by atoms with Crippen molar-refractivity contribution in [3.63, 3.8) is 0 Å². The zero-order valence-corrected chi connectivity index (χ0v) is 11.5. The van der Waals surface area contributed by atoms with E-state index in [1.807, 2.05) is 30.3 Å². The highest BCUT2D eigenvalue weighted by Crippen LogP contribution is 2.19. The summed E-state index contributed by atoms with van der Waals surface area (Å²) < 4.78 is 26.4. The Morgan fingerprint density at radius 2 is 1.95 bits per heavy atom. The molecule has 0 amide bonds. The predicted octanol–water partition coefficient (Wildman–Crippen LogP) is 1.88. The fourth-order valence-corrected chi connectivity index (χ4v) is 3.37. The van der Waals surface area contributed by atoms with Gasteiger partial charge in [-0.2, -0.15) is 0 Å². The average molecular weight is 281 g/mol. The van der Waals surface area contributed by atoms with Crippen LogP contribution in [0.3, 0.4) is 0 Å². The van der Waals surface area contributed by atoms with E-state index in [1.165, 1.54) is 5.41 Å². The van der Waals surface area contributed by atoms with Crippen LogP contribution in [-0.2, 0) is 10.0 Å². The molecule has 0 bridgehead atoms. The SMILES string of the molecule is O=S(=O)(/C=C/c1ccccc1)N[C@H]1CCC[C@@H](O)C1. The van der Waals surface area contributed by atoms with E-state index in [1.54, 1.807) is 6.08 Å². The molecule has 0 unspecified atom stereocenters. The van der Waals surface area contributed by atoms with Gasteiger partial charge in [-0.05, 0) is 37.3 Å². The molecule has 0 saturated heterocycles. The van der Waals surface area contributed by atoms with E-state index in [4.69, 9.17) is 0 Å². The Hall–Kier alpha value is -1.17. The maximum absolute atomic E-state index is 11.9. The van der Waals surface area contributed by atoms with E-state index < -0.39 is 10.0 Å². The number of hydrogen-bond acceptors (Lipinski definition) is 3. The summed E-state index contributed by atoms with van der Waals surface area (Å²) in [4.78, 5) is 0. The maximum atomic E-state index is 11.9. The first-order chi connectivity index (χ1) is 9.05. The van der Waals surface area contributed by atoms with Crippen LogP contribution < -0.4 is 4.72 Å². The summed E-state index contributed by atoms with van der Waals surface area (Å²) in [6, 6.07) is 9.13. The summed E-state index contributed by atoms with van der Waals surface area (Å²) in [5.74, 6) is 0. The highest BCUT2D eigenvalue weighted by Gasteiger charge is 2.23. The van der Waals surface area contributed by atoms with E-state index in [-0.39, 0.29) is 12.1 Å². The molecular formula is C14H19NO3S. The van der Waals surface area contributed by atoms with Gasteiger partial charge in [0.15, 0.2) is 0 Å². The van der Waals surface area contributed by atoms with Gasteiger partial charge in [-0.1, -0.05) is 30.3 Å². The van der Waals surface area contributed by atoms with Gasteiger partial charge in [0.2, 0.25) is 10.0 Å². The molecule has 1 aliphatic carbocycles. The van der Waals surface area contributed by atoms with Crippen molar-refractivity contribution in [2.45, 2.75) is 37.8 Å². The minimum atomic E-state index is -3.44. The summed E-state index contributed by atoms with van der Waals surface area (Å²) in [6.45, 7) is 0. The van der Waals surface area contributed by atoms with Crippen LogP contribution in [0.1, 0.15) is 31.2 Å². The number of hydrogen-bond donors (Lipinski definition) is 2. The average Bonchev–Trinajstić information content (AvgIpc) is 2.37. The van der Waals surface area contributed by atoms with Gasteiger partial charge in [0, 0.05) is 11.4 Å². The van der Waals surface area contributed by atoms with Gasteiger partial charge in [-0.25, -0.2) is 13.1 Å². The Bertz CT molecular complexity index is 525. The Morgan fingerprint density at radius 1 is 1.21 bits per heavy atom. The lowest BCUT2D eigenvalue weighted by Crippen LogP contribution is -2.38. The molecule has 2 N–H and O–H groups in total. The third kappa shape index (κ3) is 4.78. The molecule has 104 valence electrons. The van der Waals surface area contributed by atoms with Gasteiger partial charge in [0.1, 0.15) is 0 Å². The standard InChI is InChI=1S/C14H19NO3S/c16-14-8-4-7-13(11-14)15-19(17,18)10-9-12-5-2-1-3-6-12/h1-3,5-6,9-10,13-16H,4,7-8,11H2/b10-9+/t13-,14+/m0/s1. The molecule has 0 heterocycles. The molecule has 0 aromatic heterocycles. The molecule has 0 radical (unpaired) electrons. The normalized spacial score (nSPS) is 24.7. The molecule has 0 aliphatic heterocycles. The highest BCUT2D eigenvalue weighted by molar-refractivity contribution is 7.92. The molecule has 1 aliphatic rings. The van der Waals surface area contributed by atoms with Crippen LogP contribution in [0.5, 0.6) is 0 Å². The molecule has 1 aromatic rings. The summed E-state index contributed by atoms with van der Waals surface area (Å²) in [5.41, 5.74) is 0.844. The second-order valence-electron chi connectivity index (χ2n) is 4.89. The predicted molar refractivity (Wildman–Crippen MR) is 75.8 cm³/mol. The Morgan fingerprint density at radius 3 is 2.63 bits per heavy atom. The molecule has 2 atom stereocenters. The zero-order valence-electron chi connectivity index (χ0n) is 10.7. The highest BCUT2D eigenvalue weighted by atomic mass is 32.2. The first-order valence-electron chi connectivity index (χ1n) is 6.49. The van der Waals surface area contributed by atoms with Crippen molar-refractivity contribution in [1.29, 1.82) is 0 Å². The van der Waals surface area contributed by atoms with Crippen LogP contribution in [-0.4, -0.2) is 25.7 Å². The van der Waals surface area contributed by atoms with Gasteiger partial charge >= 0.3 is 0 Å². The van der Waals surface area contributed by atoms with Crippen LogP contribution in [0.2, 0.25) is 0 Å². The lowest BCUT2D eigenvalue weighted by atomic mass is 9.94. The number of benzene rings is 1. The minimum Gasteiger partial charge on any atom is -0.393 e. The monoisotopic (exact) mass is 281 g/mol. The summed E-state index contributed by atoms with van der Waals surface area (Å²) in [6.07, 6.45) is 4.09. The first-order valence-corrected chi connectivity index (χ1v) is 8.03. The fraction of sp³-hybridized carbons (Fsp3) is 0.429. The third-order valence-electron chi connectivity index (χ3n) is 3.22. The molecule has 19 heavy (non-hydrogen) atoms. The summed E-state index contributed by atoms with van der Waals surface area (Å²) in [5, 5.41) is 10.7. The van der Waals surface area contributed by atoms with E-state index in [0.29, 0.717) is 6.42 Å². The molecule has 5 heteroatoms. The topological polar surface area (TPSA) is 66.4 Å². The third-order valence-corrected chi connectivity index (χ3v) is 4.37. The molecule has 2 rings (SSSR count). The second kappa shape index (κ2) is 6.32. The van der Waals surface area contributed by atoms with Crippen molar-refractivity contribution in [2.24, 2.45) is 0 Å². The fourth-order valence-electron chi connectivity index (χ4n) is 2.27. The van der Waals surface area contributed by atoms with Crippen LogP contribution in [0.4, 0.5) is 0 Å². The maximum Gasteiger partial charge on any atom is 0.233 e. The number of sulfonamides is 1. The minimum absolute atomic E-state index is 0.158. The second-order valence-corrected chi connectivity index (χ2v) is 6.49. The van der Waals surface area contributed by atoms with Crippen molar-refractivity contribution in [3.05, 3.63) is 41.3 Å². The Kier molecular flexibility index (Phi) is 4.74. The van der Waals surface area contributed by atoms with Crippen LogP contribution >= 0.6 is 0 Å². The van der Waals surface area contributed by atoms with E-state index in [9.17, 15) is 13.5 Å². The van der Waals surface area contributed by atoms with E-state index in [2.05, 4.69) is 4.72 Å². The number of nitrogens with one attached hydrogen (secondary N) is 1. The van der Waals surface area contributed by atoms with Gasteiger partial charge in [0.25, 0.3) is 0 Å². The van der Waals surface area contributed by atoms with Gasteiger partial charge in [0.05, 0.1) is 6.10 Å². The van der Waals surface area contributed by atoms with Crippen molar-refractivity contribution in [3.8, 4) is 0 Å². The lowest BCUT2D eigenvalue weighted by molar-refractivity contribution is 0.117. The molecule has 1 aromatic carbocycles. The smallest absolute Gasteiger partial charge is 0.233 e. The summed E-state index contributed by atoms with van der Waals surface area (Å²) in [7, 11) is -3.44. The molecule has 1 fully saturated rings. The number of aliphatic hydroxyl groups excluding tert-OH is 1. The molecular weight excluding hydrogens is 262 g/mol. The lowest BCUT2D eigenvalue weighted by Gasteiger charge is -2.25. The van der Waals surface area contributed by atoms with Crippen molar-refractivity contribution in [2.75, 3.05) is 0 Å². The molecule has 0 spiro atoms. The van der Waals surface area contributed by atoms with Gasteiger partial charge in [-0.15, -0.1) is 0 Å². The van der Waals surface area contributed by atoms with Gasteiger partial charge < -0.3 is 5.11 Å². The zero-order chi connectivity index (χ0) is 13.7. The van der Waals surface area contributed by atoms with Crippen molar-refractivity contribution < 1.29 is 13.5 Å². The largest absolute Gasteiger partial charge is 0.393 e. The molecule has 4 nitrogen and oxygen atoms in total.